The summed E-state index contributed by atoms with van der Waals surface area (Å²) in [6, 6.07) is 8.15. The number of nitrogens with zero attached hydrogens (tertiary/aromatic N) is 1. The Bertz CT molecular complexity index is 470. The molecule has 1 aliphatic heterocycles. The third kappa shape index (κ3) is 3.44. The number of hydrogen-bond acceptors (Lipinski definition) is 2. The molecule has 0 radical (unpaired) electrons. The van der Waals surface area contributed by atoms with E-state index < -0.39 is 0 Å². The maximum atomic E-state index is 6.16. The predicted molar refractivity (Wildman–Crippen MR) is 83.6 cm³/mol. The van der Waals surface area contributed by atoms with E-state index in [1.54, 1.807) is 7.05 Å². The number of rotatable bonds is 3. The third-order valence-electron chi connectivity index (χ3n) is 3.94. The fourth-order valence-corrected chi connectivity index (χ4v) is 2.87. The highest BCUT2D eigenvalue weighted by Gasteiger charge is 2.34. The van der Waals surface area contributed by atoms with E-state index in [0.29, 0.717) is 0 Å². The fourth-order valence-electron chi connectivity index (χ4n) is 2.68. The van der Waals surface area contributed by atoms with Gasteiger partial charge in [-0.25, -0.2) is 0 Å². The number of halogens is 1. The molecule has 2 N–H and O–H groups in total. The molecule has 0 saturated carbocycles. The van der Waals surface area contributed by atoms with Crippen molar-refractivity contribution in [2.45, 2.75) is 18.3 Å². The number of hydrogen-bond donors (Lipinski definition) is 2. The van der Waals surface area contributed by atoms with Crippen LogP contribution in [-0.2, 0) is 10.2 Å². The lowest BCUT2D eigenvalue weighted by Crippen LogP contribution is -2.47. The van der Waals surface area contributed by atoms with Crippen LogP contribution in [0.5, 0.6) is 0 Å². The summed E-state index contributed by atoms with van der Waals surface area (Å²) in [7, 11) is 3.64. The summed E-state index contributed by atoms with van der Waals surface area (Å²) in [5.74, 6) is 0.804. The van der Waals surface area contributed by atoms with Gasteiger partial charge in [0.15, 0.2) is 5.96 Å². The fraction of sp³-hybridized carbons (Fsp3) is 0.533. The van der Waals surface area contributed by atoms with E-state index in [2.05, 4.69) is 27.8 Å². The van der Waals surface area contributed by atoms with Gasteiger partial charge in [0.05, 0.1) is 0 Å². The van der Waals surface area contributed by atoms with Crippen molar-refractivity contribution in [3.63, 3.8) is 0 Å². The second-order valence-corrected chi connectivity index (χ2v) is 5.52. The molecule has 0 amide bonds. The maximum Gasteiger partial charge on any atom is 0.190 e. The molecule has 0 bridgehead atoms. The molecule has 1 saturated heterocycles. The van der Waals surface area contributed by atoms with Gasteiger partial charge in [-0.2, -0.15) is 0 Å². The van der Waals surface area contributed by atoms with Gasteiger partial charge in [-0.1, -0.05) is 23.7 Å². The molecule has 0 aliphatic carbocycles. The van der Waals surface area contributed by atoms with Crippen LogP contribution in [-0.4, -0.2) is 39.8 Å². The highest BCUT2D eigenvalue weighted by molar-refractivity contribution is 6.30. The smallest absolute Gasteiger partial charge is 0.190 e. The maximum absolute atomic E-state index is 6.16. The summed E-state index contributed by atoms with van der Waals surface area (Å²) in [5.41, 5.74) is 1.32. The largest absolute Gasteiger partial charge is 0.381 e. The first-order chi connectivity index (χ1) is 9.70. The molecule has 0 aromatic heterocycles. The first-order valence-electron chi connectivity index (χ1n) is 6.92. The third-order valence-corrected chi connectivity index (χ3v) is 4.18. The molecule has 1 aromatic carbocycles. The Hall–Kier alpha value is -1.26. The van der Waals surface area contributed by atoms with E-state index in [9.17, 15) is 0 Å². The molecule has 0 spiro atoms. The highest BCUT2D eigenvalue weighted by atomic mass is 35.5. The monoisotopic (exact) mass is 295 g/mol. The summed E-state index contributed by atoms with van der Waals surface area (Å²) in [6.07, 6.45) is 1.97. The number of nitrogens with one attached hydrogen (secondary N) is 2. The van der Waals surface area contributed by atoms with Crippen molar-refractivity contribution in [1.82, 2.24) is 10.6 Å². The Morgan fingerprint density at radius 1 is 1.40 bits per heavy atom. The van der Waals surface area contributed by atoms with Gasteiger partial charge in [0, 0.05) is 44.3 Å². The SMILES string of the molecule is CN=C(NC)NCC1(c2cccc(Cl)c2)CCOCC1. The molecule has 5 heteroatoms. The van der Waals surface area contributed by atoms with Crippen LogP contribution in [0.15, 0.2) is 29.3 Å². The standard InChI is InChI=1S/C15H22ClN3O/c1-17-14(18-2)19-11-15(6-8-20-9-7-15)12-4-3-5-13(16)10-12/h3-5,10H,6-9,11H2,1-2H3,(H2,17,18,19). The van der Waals surface area contributed by atoms with Crippen LogP contribution < -0.4 is 10.6 Å². The molecule has 110 valence electrons. The minimum absolute atomic E-state index is 0.0515. The van der Waals surface area contributed by atoms with Gasteiger partial charge in [0.2, 0.25) is 0 Å². The Morgan fingerprint density at radius 3 is 2.75 bits per heavy atom. The van der Waals surface area contributed by atoms with E-state index in [4.69, 9.17) is 16.3 Å². The van der Waals surface area contributed by atoms with Crippen LogP contribution in [0.3, 0.4) is 0 Å². The van der Waals surface area contributed by atoms with Gasteiger partial charge in [-0.15, -0.1) is 0 Å². The summed E-state index contributed by atoms with van der Waals surface area (Å²) >= 11 is 6.16. The zero-order valence-corrected chi connectivity index (χ0v) is 12.8. The molecule has 1 fully saturated rings. The van der Waals surface area contributed by atoms with E-state index in [0.717, 1.165) is 43.6 Å². The molecular weight excluding hydrogens is 274 g/mol. The molecule has 0 unspecified atom stereocenters. The first kappa shape index (κ1) is 15.1. The Kier molecular flexibility index (Phi) is 5.26. The summed E-state index contributed by atoms with van der Waals surface area (Å²) in [4.78, 5) is 4.17. The van der Waals surface area contributed by atoms with Gasteiger partial charge in [0.1, 0.15) is 0 Å². The lowest BCUT2D eigenvalue weighted by atomic mass is 9.74. The van der Waals surface area contributed by atoms with E-state index in [-0.39, 0.29) is 5.41 Å². The van der Waals surface area contributed by atoms with Crippen LogP contribution in [0.1, 0.15) is 18.4 Å². The van der Waals surface area contributed by atoms with Crippen molar-refractivity contribution >= 4 is 17.6 Å². The van der Waals surface area contributed by atoms with Crippen LogP contribution >= 0.6 is 11.6 Å². The van der Waals surface area contributed by atoms with Gasteiger partial charge in [-0.05, 0) is 30.5 Å². The topological polar surface area (TPSA) is 45.7 Å². The number of ether oxygens (including phenoxy) is 1. The average Bonchev–Trinajstić information content (AvgIpc) is 2.49. The van der Waals surface area contributed by atoms with Crippen LogP contribution in [0.25, 0.3) is 0 Å². The lowest BCUT2D eigenvalue weighted by molar-refractivity contribution is 0.0514. The van der Waals surface area contributed by atoms with E-state index >= 15 is 0 Å². The Balaban J connectivity index is 2.21. The predicted octanol–water partition coefficient (Wildman–Crippen LogP) is 2.18. The van der Waals surface area contributed by atoms with E-state index in [1.165, 1.54) is 5.56 Å². The van der Waals surface area contributed by atoms with Crippen LogP contribution in [0, 0.1) is 0 Å². The molecular formula is C15H22ClN3O. The minimum atomic E-state index is 0.0515. The summed E-state index contributed by atoms with van der Waals surface area (Å²) < 4.78 is 5.53. The molecule has 1 aliphatic rings. The lowest BCUT2D eigenvalue weighted by Gasteiger charge is -2.38. The number of guanidine groups is 1. The van der Waals surface area contributed by atoms with Crippen molar-refractivity contribution in [2.24, 2.45) is 4.99 Å². The molecule has 1 aromatic rings. The summed E-state index contributed by atoms with van der Waals surface area (Å²) in [5, 5.41) is 7.22. The Morgan fingerprint density at radius 2 is 2.15 bits per heavy atom. The molecule has 0 atom stereocenters. The van der Waals surface area contributed by atoms with Crippen LogP contribution in [0.2, 0.25) is 5.02 Å². The molecule has 1 heterocycles. The van der Waals surface area contributed by atoms with Gasteiger partial charge in [0.25, 0.3) is 0 Å². The zero-order valence-electron chi connectivity index (χ0n) is 12.1. The van der Waals surface area contributed by atoms with Crippen LogP contribution in [0.4, 0.5) is 0 Å². The van der Waals surface area contributed by atoms with Gasteiger partial charge in [-0.3, -0.25) is 4.99 Å². The molecule has 4 nitrogen and oxygen atoms in total. The van der Waals surface area contributed by atoms with Gasteiger partial charge < -0.3 is 15.4 Å². The quantitative estimate of drug-likeness (QED) is 0.664. The Labute approximate surface area is 125 Å². The second kappa shape index (κ2) is 6.95. The van der Waals surface area contributed by atoms with Crippen molar-refractivity contribution in [2.75, 3.05) is 33.9 Å². The van der Waals surface area contributed by atoms with Crippen molar-refractivity contribution in [3.05, 3.63) is 34.9 Å². The van der Waals surface area contributed by atoms with Crippen molar-refractivity contribution in [3.8, 4) is 0 Å². The first-order valence-corrected chi connectivity index (χ1v) is 7.30. The molecule has 2 rings (SSSR count). The van der Waals surface area contributed by atoms with Crippen molar-refractivity contribution < 1.29 is 4.74 Å². The number of benzene rings is 1. The van der Waals surface area contributed by atoms with E-state index in [1.807, 2.05) is 19.2 Å². The normalized spacial score (nSPS) is 18.6. The number of aliphatic imine (C=N–C) groups is 1. The zero-order chi connectivity index (χ0) is 14.4. The average molecular weight is 296 g/mol. The minimum Gasteiger partial charge on any atom is -0.381 e. The highest BCUT2D eigenvalue weighted by Crippen LogP contribution is 2.35. The van der Waals surface area contributed by atoms with Crippen molar-refractivity contribution in [1.29, 1.82) is 0 Å². The summed E-state index contributed by atoms with van der Waals surface area (Å²) in [6.45, 7) is 2.39. The molecule has 20 heavy (non-hydrogen) atoms. The van der Waals surface area contributed by atoms with Gasteiger partial charge >= 0.3 is 0 Å². The second-order valence-electron chi connectivity index (χ2n) is 5.08.